The van der Waals surface area contributed by atoms with Crippen molar-refractivity contribution >= 4 is 23.0 Å². The Morgan fingerprint density at radius 1 is 1.24 bits per heavy atom. The second-order valence-corrected chi connectivity index (χ2v) is 5.82. The normalized spacial score (nSPS) is 10.4. The van der Waals surface area contributed by atoms with Crippen molar-refractivity contribution in [2.24, 2.45) is 0 Å². The minimum Gasteiger partial charge on any atom is -0.495 e. The first-order valence-corrected chi connectivity index (χ1v) is 7.87. The van der Waals surface area contributed by atoms with Gasteiger partial charge >= 0.3 is 0 Å². The number of carbonyl (C=O) groups is 1. The third kappa shape index (κ3) is 4.94. The number of methoxy groups -OCH3 is 1. The maximum atomic E-state index is 12.1. The van der Waals surface area contributed by atoms with E-state index < -0.39 is 4.92 Å². The summed E-state index contributed by atoms with van der Waals surface area (Å²) >= 11 is 0. The summed E-state index contributed by atoms with van der Waals surface area (Å²) in [5, 5.41) is 16.6. The van der Waals surface area contributed by atoms with Crippen molar-refractivity contribution in [1.29, 1.82) is 0 Å². The molecule has 0 spiro atoms. The summed E-state index contributed by atoms with van der Waals surface area (Å²) in [5.74, 6) is 0.541. The maximum Gasteiger partial charge on any atom is 0.271 e. The summed E-state index contributed by atoms with van der Waals surface area (Å²) in [4.78, 5) is 22.5. The maximum absolute atomic E-state index is 12.1. The third-order valence-corrected chi connectivity index (χ3v) is 3.67. The van der Waals surface area contributed by atoms with Crippen molar-refractivity contribution in [2.75, 3.05) is 24.3 Å². The van der Waals surface area contributed by atoms with E-state index in [1.807, 2.05) is 24.3 Å². The van der Waals surface area contributed by atoms with Crippen LogP contribution in [0.3, 0.4) is 0 Å². The van der Waals surface area contributed by atoms with Crippen molar-refractivity contribution in [1.82, 2.24) is 0 Å². The predicted molar refractivity (Wildman–Crippen MR) is 97.3 cm³/mol. The van der Waals surface area contributed by atoms with E-state index in [-0.39, 0.29) is 18.1 Å². The van der Waals surface area contributed by atoms with Crippen LogP contribution in [0.4, 0.5) is 17.1 Å². The van der Waals surface area contributed by atoms with Gasteiger partial charge in [-0.25, -0.2) is 0 Å². The van der Waals surface area contributed by atoms with Gasteiger partial charge in [0.05, 0.1) is 24.3 Å². The van der Waals surface area contributed by atoms with Crippen LogP contribution in [0.2, 0.25) is 0 Å². The Balaban J connectivity index is 2.03. The Labute approximate surface area is 146 Å². The fraction of sp³-hybridized carbons (Fsp3) is 0.278. The molecule has 2 aromatic carbocycles. The first-order chi connectivity index (χ1) is 11.9. The smallest absolute Gasteiger partial charge is 0.271 e. The number of nitro groups is 1. The molecule has 0 bridgehead atoms. The highest BCUT2D eigenvalue weighted by Gasteiger charge is 2.12. The topological polar surface area (TPSA) is 93.5 Å². The molecule has 2 aromatic rings. The summed E-state index contributed by atoms with van der Waals surface area (Å²) in [6.07, 6.45) is 0. The number of hydrogen-bond acceptors (Lipinski definition) is 5. The van der Waals surface area contributed by atoms with Gasteiger partial charge in [-0.05, 0) is 29.7 Å². The molecule has 2 N–H and O–H groups in total. The van der Waals surface area contributed by atoms with Crippen LogP contribution < -0.4 is 15.4 Å². The van der Waals surface area contributed by atoms with Crippen LogP contribution in [0.15, 0.2) is 42.5 Å². The van der Waals surface area contributed by atoms with E-state index in [0.717, 1.165) is 5.56 Å². The van der Waals surface area contributed by atoms with Gasteiger partial charge < -0.3 is 15.4 Å². The van der Waals surface area contributed by atoms with Gasteiger partial charge in [-0.15, -0.1) is 0 Å². The lowest BCUT2D eigenvalue weighted by Gasteiger charge is -2.12. The molecule has 2 rings (SSSR count). The number of nitrogens with zero attached hydrogens (tertiary/aromatic N) is 1. The van der Waals surface area contributed by atoms with Gasteiger partial charge in [-0.2, -0.15) is 0 Å². The van der Waals surface area contributed by atoms with Crippen LogP contribution in [-0.2, 0) is 4.79 Å². The molecule has 7 nitrogen and oxygen atoms in total. The summed E-state index contributed by atoms with van der Waals surface area (Å²) < 4.78 is 5.16. The van der Waals surface area contributed by atoms with E-state index in [4.69, 9.17) is 4.74 Å². The molecule has 0 saturated heterocycles. The molecule has 0 saturated carbocycles. The third-order valence-electron chi connectivity index (χ3n) is 3.67. The number of ether oxygens (including phenoxy) is 1. The molecule has 0 aromatic heterocycles. The first-order valence-electron chi connectivity index (χ1n) is 7.87. The van der Waals surface area contributed by atoms with Gasteiger partial charge in [-0.3, -0.25) is 14.9 Å². The molecule has 132 valence electrons. The van der Waals surface area contributed by atoms with Gasteiger partial charge in [0.1, 0.15) is 5.75 Å². The van der Waals surface area contributed by atoms with Gasteiger partial charge in [-0.1, -0.05) is 26.0 Å². The number of nitro benzene ring substituents is 1. The van der Waals surface area contributed by atoms with E-state index in [1.165, 1.54) is 25.3 Å². The van der Waals surface area contributed by atoms with Crippen LogP contribution in [0.1, 0.15) is 25.3 Å². The van der Waals surface area contributed by atoms with E-state index in [9.17, 15) is 14.9 Å². The molecule has 0 unspecified atom stereocenters. The lowest BCUT2D eigenvalue weighted by Crippen LogP contribution is -2.22. The quantitative estimate of drug-likeness (QED) is 0.589. The fourth-order valence-electron chi connectivity index (χ4n) is 2.30. The minimum absolute atomic E-state index is 0.0383. The Morgan fingerprint density at radius 3 is 2.64 bits per heavy atom. The van der Waals surface area contributed by atoms with Crippen LogP contribution in [0, 0.1) is 10.1 Å². The average Bonchev–Trinajstić information content (AvgIpc) is 2.59. The highest BCUT2D eigenvalue weighted by atomic mass is 16.6. The number of non-ortho nitro benzene ring substituents is 1. The SMILES string of the molecule is COc1ccc([N+](=O)[O-])cc1NCC(=O)Nc1cccc(C(C)C)c1. The van der Waals surface area contributed by atoms with Crippen LogP contribution in [0.5, 0.6) is 5.75 Å². The molecule has 0 aliphatic rings. The van der Waals surface area contributed by atoms with Gasteiger partial charge in [0.2, 0.25) is 5.91 Å². The largest absolute Gasteiger partial charge is 0.495 e. The highest BCUT2D eigenvalue weighted by molar-refractivity contribution is 5.94. The lowest BCUT2D eigenvalue weighted by atomic mass is 10.0. The zero-order valence-corrected chi connectivity index (χ0v) is 14.4. The summed E-state index contributed by atoms with van der Waals surface area (Å²) in [6.45, 7) is 4.12. The molecule has 1 amide bonds. The molecule has 0 aliphatic carbocycles. The Morgan fingerprint density at radius 2 is 2.00 bits per heavy atom. The van der Waals surface area contributed by atoms with E-state index in [2.05, 4.69) is 24.5 Å². The standard InChI is InChI=1S/C18H21N3O4/c1-12(2)13-5-4-6-14(9-13)20-18(22)11-19-16-10-15(21(23)24)7-8-17(16)25-3/h4-10,12,19H,11H2,1-3H3,(H,20,22). The summed E-state index contributed by atoms with van der Waals surface area (Å²) in [5.41, 5.74) is 2.16. The molecule has 0 aliphatic heterocycles. The Kier molecular flexibility index (Phi) is 5.94. The zero-order chi connectivity index (χ0) is 18.4. The van der Waals surface area contributed by atoms with Crippen molar-refractivity contribution in [3.05, 3.63) is 58.1 Å². The predicted octanol–water partition coefficient (Wildman–Crippen LogP) is 3.78. The molecular weight excluding hydrogens is 322 g/mol. The van der Waals surface area contributed by atoms with Crippen molar-refractivity contribution in [2.45, 2.75) is 19.8 Å². The Bertz CT molecular complexity index is 775. The number of amides is 1. The molecular formula is C18H21N3O4. The van der Waals surface area contributed by atoms with Gasteiger partial charge in [0.15, 0.2) is 0 Å². The molecule has 0 heterocycles. The average molecular weight is 343 g/mol. The number of carbonyl (C=O) groups excluding carboxylic acids is 1. The Hall–Kier alpha value is -3.09. The zero-order valence-electron chi connectivity index (χ0n) is 14.4. The highest BCUT2D eigenvalue weighted by Crippen LogP contribution is 2.28. The van der Waals surface area contributed by atoms with Crippen molar-refractivity contribution < 1.29 is 14.5 Å². The molecule has 0 radical (unpaired) electrons. The fourth-order valence-corrected chi connectivity index (χ4v) is 2.30. The summed E-state index contributed by atoms with van der Waals surface area (Å²) in [6, 6.07) is 11.8. The second kappa shape index (κ2) is 8.14. The van der Waals surface area contributed by atoms with Gasteiger partial charge in [0, 0.05) is 17.8 Å². The molecule has 0 fully saturated rings. The number of anilines is 2. The lowest BCUT2D eigenvalue weighted by molar-refractivity contribution is -0.384. The molecule has 7 heteroatoms. The van der Waals surface area contributed by atoms with Crippen LogP contribution in [-0.4, -0.2) is 24.5 Å². The van der Waals surface area contributed by atoms with E-state index >= 15 is 0 Å². The molecule has 25 heavy (non-hydrogen) atoms. The number of hydrogen-bond donors (Lipinski definition) is 2. The number of benzene rings is 2. The monoisotopic (exact) mass is 343 g/mol. The van der Waals surface area contributed by atoms with Gasteiger partial charge in [0.25, 0.3) is 5.69 Å². The van der Waals surface area contributed by atoms with Crippen LogP contribution >= 0.6 is 0 Å². The van der Waals surface area contributed by atoms with E-state index in [0.29, 0.717) is 23.0 Å². The number of nitrogens with one attached hydrogen (secondary N) is 2. The van der Waals surface area contributed by atoms with Crippen LogP contribution in [0.25, 0.3) is 0 Å². The van der Waals surface area contributed by atoms with Crippen molar-refractivity contribution in [3.63, 3.8) is 0 Å². The van der Waals surface area contributed by atoms with E-state index in [1.54, 1.807) is 0 Å². The molecule has 0 atom stereocenters. The van der Waals surface area contributed by atoms with Crippen molar-refractivity contribution in [3.8, 4) is 5.75 Å². The first kappa shape index (κ1) is 18.3. The number of rotatable bonds is 7. The summed E-state index contributed by atoms with van der Waals surface area (Å²) in [7, 11) is 1.46. The minimum atomic E-state index is -0.498. The second-order valence-electron chi connectivity index (χ2n) is 5.82.